The minimum Gasteiger partial charge on any atom is -0.480 e. The number of hydrogen-bond acceptors (Lipinski definition) is 5. The summed E-state index contributed by atoms with van der Waals surface area (Å²) in [4.78, 5) is 37.7. The molecule has 0 aromatic heterocycles. The smallest absolute Gasteiger partial charge is 0.269 e. The van der Waals surface area contributed by atoms with Gasteiger partial charge in [0.25, 0.3) is 17.5 Å². The molecule has 0 fully saturated rings. The Morgan fingerprint density at radius 1 is 1.14 bits per heavy atom. The molecule has 1 unspecified atom stereocenters. The van der Waals surface area contributed by atoms with Gasteiger partial charge >= 0.3 is 0 Å². The first kappa shape index (κ1) is 23.9. The van der Waals surface area contributed by atoms with Crippen molar-refractivity contribution in [2.45, 2.75) is 32.4 Å². The molecule has 35 heavy (non-hydrogen) atoms. The molecule has 0 saturated carbocycles. The van der Waals surface area contributed by atoms with Gasteiger partial charge in [-0.2, -0.15) is 0 Å². The largest absolute Gasteiger partial charge is 0.480 e. The normalized spacial score (nSPS) is 15.1. The van der Waals surface area contributed by atoms with Gasteiger partial charge in [0, 0.05) is 42.0 Å². The van der Waals surface area contributed by atoms with E-state index in [-0.39, 0.29) is 23.0 Å². The van der Waals surface area contributed by atoms with Crippen LogP contribution in [-0.4, -0.2) is 34.3 Å². The molecule has 3 aromatic rings. The molecular weight excluding hydrogens is 453 g/mol. The highest BCUT2D eigenvalue weighted by Gasteiger charge is 2.29. The summed E-state index contributed by atoms with van der Waals surface area (Å²) in [5.74, 6) is -0.272. The van der Waals surface area contributed by atoms with Gasteiger partial charge < -0.3 is 15.0 Å². The zero-order valence-corrected chi connectivity index (χ0v) is 19.1. The van der Waals surface area contributed by atoms with Gasteiger partial charge in [-0.1, -0.05) is 19.1 Å². The number of non-ortho nitro benzene ring substituents is 1. The van der Waals surface area contributed by atoms with Crippen molar-refractivity contribution in [3.8, 4) is 5.75 Å². The summed E-state index contributed by atoms with van der Waals surface area (Å²) < 4.78 is 19.2. The standard InChI is InChI=1S/C26H24FN3O5/c1-2-23-26(32)29(14-13-17-3-7-20(27)8-4-17)16-19-15-21(9-12-24(19)35-23)28-25(31)18-5-10-22(11-6-18)30(33)34/h3-12,15,23H,2,13-14,16H2,1H3,(H,28,31). The molecule has 0 radical (unpaired) electrons. The van der Waals surface area contributed by atoms with E-state index in [1.54, 1.807) is 35.2 Å². The molecule has 0 saturated heterocycles. The third-order valence-corrected chi connectivity index (χ3v) is 5.83. The van der Waals surface area contributed by atoms with E-state index in [9.17, 15) is 24.1 Å². The molecule has 2 amide bonds. The van der Waals surface area contributed by atoms with E-state index in [0.717, 1.165) is 11.1 Å². The predicted molar refractivity (Wildman–Crippen MR) is 128 cm³/mol. The number of carbonyl (C=O) groups excluding carboxylic acids is 2. The van der Waals surface area contributed by atoms with E-state index in [2.05, 4.69) is 5.32 Å². The number of anilines is 1. The molecule has 0 bridgehead atoms. The highest BCUT2D eigenvalue weighted by molar-refractivity contribution is 6.04. The lowest BCUT2D eigenvalue weighted by molar-refractivity contribution is -0.384. The summed E-state index contributed by atoms with van der Waals surface area (Å²) in [6.07, 6.45) is 0.447. The van der Waals surface area contributed by atoms with E-state index >= 15 is 0 Å². The molecule has 3 aromatic carbocycles. The number of benzene rings is 3. The first-order chi connectivity index (χ1) is 16.8. The molecule has 9 heteroatoms. The number of nitro benzene ring substituents is 1. The zero-order chi connectivity index (χ0) is 24.9. The summed E-state index contributed by atoms with van der Waals surface area (Å²) in [6, 6.07) is 16.7. The fourth-order valence-electron chi connectivity index (χ4n) is 3.89. The van der Waals surface area contributed by atoms with Crippen LogP contribution in [-0.2, 0) is 17.8 Å². The average molecular weight is 477 g/mol. The molecule has 8 nitrogen and oxygen atoms in total. The van der Waals surface area contributed by atoms with Crippen LogP contribution in [0.3, 0.4) is 0 Å². The van der Waals surface area contributed by atoms with Gasteiger partial charge in [0.05, 0.1) is 4.92 Å². The Hall–Kier alpha value is -4.27. The maximum Gasteiger partial charge on any atom is 0.269 e. The third-order valence-electron chi connectivity index (χ3n) is 5.83. The summed E-state index contributed by atoms with van der Waals surface area (Å²) >= 11 is 0. The molecule has 1 aliphatic heterocycles. The van der Waals surface area contributed by atoms with Crippen molar-refractivity contribution in [1.82, 2.24) is 4.90 Å². The van der Waals surface area contributed by atoms with Crippen LogP contribution < -0.4 is 10.1 Å². The molecule has 0 spiro atoms. The van der Waals surface area contributed by atoms with E-state index < -0.39 is 16.9 Å². The number of nitro groups is 1. The molecule has 0 aliphatic carbocycles. The fraction of sp³-hybridized carbons (Fsp3) is 0.231. The number of ether oxygens (including phenoxy) is 1. The van der Waals surface area contributed by atoms with Gasteiger partial charge in [0.2, 0.25) is 0 Å². The van der Waals surface area contributed by atoms with E-state index in [1.165, 1.54) is 36.4 Å². The summed E-state index contributed by atoms with van der Waals surface area (Å²) in [6.45, 7) is 2.61. The molecule has 180 valence electrons. The van der Waals surface area contributed by atoms with Crippen molar-refractivity contribution >= 4 is 23.2 Å². The van der Waals surface area contributed by atoms with Crippen LogP contribution in [0, 0.1) is 15.9 Å². The minimum absolute atomic E-state index is 0.0976. The third kappa shape index (κ3) is 5.63. The van der Waals surface area contributed by atoms with Crippen molar-refractivity contribution in [1.29, 1.82) is 0 Å². The Kier molecular flexibility index (Phi) is 7.05. The Bertz CT molecular complexity index is 1240. The number of hydrogen-bond donors (Lipinski definition) is 1. The molecule has 4 rings (SSSR count). The van der Waals surface area contributed by atoms with E-state index in [1.807, 2.05) is 6.92 Å². The maximum absolute atomic E-state index is 13.2. The van der Waals surface area contributed by atoms with Crippen LogP contribution in [0.5, 0.6) is 5.75 Å². The lowest BCUT2D eigenvalue weighted by Gasteiger charge is -2.23. The number of fused-ring (bicyclic) bond motifs is 1. The number of amides is 2. The minimum atomic E-state index is -0.620. The molecular formula is C26H24FN3O5. The van der Waals surface area contributed by atoms with Crippen LogP contribution >= 0.6 is 0 Å². The Balaban J connectivity index is 1.51. The SMILES string of the molecule is CCC1Oc2ccc(NC(=O)c3ccc([N+](=O)[O-])cc3)cc2CN(CCc2ccc(F)cc2)C1=O. The van der Waals surface area contributed by atoms with Crippen molar-refractivity contribution in [3.05, 3.63) is 99.4 Å². The second kappa shape index (κ2) is 10.3. The van der Waals surface area contributed by atoms with Crippen LogP contribution in [0.1, 0.15) is 34.8 Å². The quantitative estimate of drug-likeness (QED) is 0.392. The van der Waals surface area contributed by atoms with Crippen molar-refractivity contribution in [3.63, 3.8) is 0 Å². The molecule has 1 atom stereocenters. The van der Waals surface area contributed by atoms with Gasteiger partial charge in [-0.15, -0.1) is 0 Å². The highest BCUT2D eigenvalue weighted by atomic mass is 19.1. The van der Waals surface area contributed by atoms with Crippen molar-refractivity contribution in [2.24, 2.45) is 0 Å². The average Bonchev–Trinajstić information content (AvgIpc) is 2.99. The van der Waals surface area contributed by atoms with E-state index in [0.29, 0.717) is 37.4 Å². The summed E-state index contributed by atoms with van der Waals surface area (Å²) in [5, 5.41) is 13.6. The topological polar surface area (TPSA) is 102 Å². The summed E-state index contributed by atoms with van der Waals surface area (Å²) in [7, 11) is 0. The number of rotatable bonds is 7. The summed E-state index contributed by atoms with van der Waals surface area (Å²) in [5.41, 5.74) is 2.36. The number of nitrogens with one attached hydrogen (secondary N) is 1. The number of nitrogens with zero attached hydrogens (tertiary/aromatic N) is 2. The van der Waals surface area contributed by atoms with E-state index in [4.69, 9.17) is 4.74 Å². The van der Waals surface area contributed by atoms with Crippen molar-refractivity contribution < 1.29 is 23.6 Å². The molecule has 1 heterocycles. The number of halogens is 1. The lowest BCUT2D eigenvalue weighted by Crippen LogP contribution is -2.40. The lowest BCUT2D eigenvalue weighted by atomic mass is 10.1. The second-order valence-corrected chi connectivity index (χ2v) is 8.23. The Morgan fingerprint density at radius 2 is 1.86 bits per heavy atom. The maximum atomic E-state index is 13.2. The van der Waals surface area contributed by atoms with Crippen LogP contribution in [0.15, 0.2) is 66.7 Å². The molecule has 1 aliphatic rings. The van der Waals surface area contributed by atoms with Gasteiger partial charge in [0.1, 0.15) is 11.6 Å². The predicted octanol–water partition coefficient (Wildman–Crippen LogP) is 4.73. The van der Waals surface area contributed by atoms with Gasteiger partial charge in [-0.3, -0.25) is 19.7 Å². The second-order valence-electron chi connectivity index (χ2n) is 8.23. The first-order valence-electron chi connectivity index (χ1n) is 11.2. The van der Waals surface area contributed by atoms with Gasteiger partial charge in [-0.05, 0) is 60.9 Å². The van der Waals surface area contributed by atoms with Crippen LogP contribution in [0.4, 0.5) is 15.8 Å². The zero-order valence-electron chi connectivity index (χ0n) is 19.1. The van der Waals surface area contributed by atoms with Crippen LogP contribution in [0.2, 0.25) is 0 Å². The highest BCUT2D eigenvalue weighted by Crippen LogP contribution is 2.30. The molecule has 1 N–H and O–H groups in total. The van der Waals surface area contributed by atoms with Crippen molar-refractivity contribution in [2.75, 3.05) is 11.9 Å². The monoisotopic (exact) mass is 477 g/mol. The Labute approximate surface area is 201 Å². The van der Waals surface area contributed by atoms with Crippen LogP contribution in [0.25, 0.3) is 0 Å². The first-order valence-corrected chi connectivity index (χ1v) is 11.2. The fourth-order valence-corrected chi connectivity index (χ4v) is 3.89. The van der Waals surface area contributed by atoms with Gasteiger partial charge in [-0.25, -0.2) is 4.39 Å². The number of carbonyl (C=O) groups is 2. The Morgan fingerprint density at radius 3 is 2.51 bits per heavy atom. The van der Waals surface area contributed by atoms with Gasteiger partial charge in [0.15, 0.2) is 6.10 Å².